The van der Waals surface area contributed by atoms with Gasteiger partial charge in [0.2, 0.25) is 10.0 Å². The standard InChI is InChI=1S/C18H21ClN2O2S/c1-15(16-7-3-2-4-8-16)20-11-13-21(14-12-20)24(22,23)18-10-6-5-9-17(18)19/h2-10,15H,11-14H2,1H3. The van der Waals surface area contributed by atoms with Gasteiger partial charge in [0.15, 0.2) is 0 Å². The van der Waals surface area contributed by atoms with Crippen LogP contribution in [0.1, 0.15) is 18.5 Å². The van der Waals surface area contributed by atoms with Crippen molar-refractivity contribution in [1.82, 2.24) is 9.21 Å². The maximum absolute atomic E-state index is 12.8. The third kappa shape index (κ3) is 3.49. The van der Waals surface area contributed by atoms with Gasteiger partial charge < -0.3 is 0 Å². The highest BCUT2D eigenvalue weighted by Crippen LogP contribution is 2.27. The molecular formula is C18H21ClN2O2S. The number of benzene rings is 2. The van der Waals surface area contributed by atoms with E-state index in [0.717, 1.165) is 0 Å². The smallest absolute Gasteiger partial charge is 0.244 e. The van der Waals surface area contributed by atoms with Gasteiger partial charge in [-0.2, -0.15) is 4.31 Å². The molecule has 0 aliphatic carbocycles. The van der Waals surface area contributed by atoms with Crippen molar-refractivity contribution in [2.75, 3.05) is 26.2 Å². The van der Waals surface area contributed by atoms with E-state index in [-0.39, 0.29) is 16.0 Å². The molecule has 3 rings (SSSR count). The average molecular weight is 365 g/mol. The minimum absolute atomic E-state index is 0.191. The molecule has 0 aromatic heterocycles. The lowest BCUT2D eigenvalue weighted by Crippen LogP contribution is -2.49. The quantitative estimate of drug-likeness (QED) is 0.834. The zero-order chi connectivity index (χ0) is 17.2. The Labute approximate surface area is 148 Å². The van der Waals surface area contributed by atoms with Crippen molar-refractivity contribution in [2.45, 2.75) is 17.9 Å². The second-order valence-electron chi connectivity index (χ2n) is 5.96. The summed E-state index contributed by atoms with van der Waals surface area (Å²) in [5.74, 6) is 0. The molecule has 0 spiro atoms. The van der Waals surface area contributed by atoms with Gasteiger partial charge in [0, 0.05) is 32.2 Å². The number of hydrogen-bond donors (Lipinski definition) is 0. The van der Waals surface area contributed by atoms with Gasteiger partial charge >= 0.3 is 0 Å². The molecule has 0 radical (unpaired) electrons. The number of rotatable bonds is 4. The number of halogens is 1. The Hall–Kier alpha value is -1.40. The lowest BCUT2D eigenvalue weighted by atomic mass is 10.1. The Morgan fingerprint density at radius 1 is 0.917 bits per heavy atom. The van der Waals surface area contributed by atoms with Crippen molar-refractivity contribution in [2.24, 2.45) is 0 Å². The highest BCUT2D eigenvalue weighted by molar-refractivity contribution is 7.89. The molecule has 1 atom stereocenters. The van der Waals surface area contributed by atoms with Crippen LogP contribution in [-0.4, -0.2) is 43.8 Å². The van der Waals surface area contributed by atoms with E-state index in [2.05, 4.69) is 24.0 Å². The normalized spacial score (nSPS) is 18.4. The molecule has 1 aliphatic heterocycles. The van der Waals surface area contributed by atoms with Crippen LogP contribution >= 0.6 is 11.6 Å². The van der Waals surface area contributed by atoms with E-state index in [4.69, 9.17) is 11.6 Å². The number of sulfonamides is 1. The largest absolute Gasteiger partial charge is 0.294 e. The molecule has 1 saturated heterocycles. The molecule has 6 heteroatoms. The van der Waals surface area contributed by atoms with Gasteiger partial charge in [0.1, 0.15) is 4.90 Å². The second kappa shape index (κ2) is 7.23. The summed E-state index contributed by atoms with van der Waals surface area (Å²) >= 11 is 6.07. The van der Waals surface area contributed by atoms with Crippen LogP contribution in [-0.2, 0) is 10.0 Å². The number of hydrogen-bond acceptors (Lipinski definition) is 3. The maximum atomic E-state index is 12.8. The van der Waals surface area contributed by atoms with Crippen LogP contribution in [0.15, 0.2) is 59.5 Å². The Morgan fingerprint density at radius 3 is 2.12 bits per heavy atom. The fourth-order valence-electron chi connectivity index (χ4n) is 3.07. The van der Waals surface area contributed by atoms with E-state index in [0.29, 0.717) is 26.2 Å². The molecule has 1 fully saturated rings. The molecule has 0 bridgehead atoms. The van der Waals surface area contributed by atoms with Gasteiger partial charge in [0.05, 0.1) is 5.02 Å². The molecular weight excluding hydrogens is 344 g/mol. The van der Waals surface area contributed by atoms with Crippen molar-refractivity contribution in [3.8, 4) is 0 Å². The zero-order valence-electron chi connectivity index (χ0n) is 13.6. The molecule has 1 heterocycles. The molecule has 0 saturated carbocycles. The van der Waals surface area contributed by atoms with Crippen LogP contribution in [0.5, 0.6) is 0 Å². The van der Waals surface area contributed by atoms with Crippen LogP contribution in [0.25, 0.3) is 0 Å². The molecule has 4 nitrogen and oxygen atoms in total. The molecule has 2 aromatic rings. The Kier molecular flexibility index (Phi) is 5.25. The third-order valence-corrected chi connectivity index (χ3v) is 6.96. The van der Waals surface area contributed by atoms with Crippen molar-refractivity contribution < 1.29 is 8.42 Å². The van der Waals surface area contributed by atoms with Gasteiger partial charge in [-0.3, -0.25) is 4.90 Å². The molecule has 1 unspecified atom stereocenters. The maximum Gasteiger partial charge on any atom is 0.244 e. The van der Waals surface area contributed by atoms with E-state index in [1.807, 2.05) is 18.2 Å². The van der Waals surface area contributed by atoms with Crippen molar-refractivity contribution in [3.05, 3.63) is 65.2 Å². The van der Waals surface area contributed by atoms with Crippen LogP contribution in [0, 0.1) is 0 Å². The first-order valence-electron chi connectivity index (χ1n) is 8.04. The predicted octanol–water partition coefficient (Wildman–Crippen LogP) is 3.41. The van der Waals surface area contributed by atoms with Crippen LogP contribution in [0.2, 0.25) is 5.02 Å². The van der Waals surface area contributed by atoms with Crippen LogP contribution < -0.4 is 0 Å². The van der Waals surface area contributed by atoms with Crippen LogP contribution in [0.3, 0.4) is 0 Å². The summed E-state index contributed by atoms with van der Waals surface area (Å²) in [7, 11) is -3.53. The Balaban J connectivity index is 1.70. The summed E-state index contributed by atoms with van der Waals surface area (Å²) in [5, 5.41) is 0.276. The highest BCUT2D eigenvalue weighted by atomic mass is 35.5. The Bertz CT molecular complexity index is 788. The lowest BCUT2D eigenvalue weighted by Gasteiger charge is -2.37. The van der Waals surface area contributed by atoms with Crippen molar-refractivity contribution in [3.63, 3.8) is 0 Å². The van der Waals surface area contributed by atoms with Gasteiger partial charge in [-0.1, -0.05) is 54.1 Å². The summed E-state index contributed by atoms with van der Waals surface area (Å²) in [4.78, 5) is 2.50. The first kappa shape index (κ1) is 17.4. The third-order valence-electron chi connectivity index (χ3n) is 4.56. The number of piperazine rings is 1. The highest BCUT2D eigenvalue weighted by Gasteiger charge is 2.31. The summed E-state index contributed by atoms with van der Waals surface area (Å²) in [6, 6.07) is 17.2. The predicted molar refractivity (Wildman–Crippen MR) is 96.6 cm³/mol. The minimum atomic E-state index is -3.53. The molecule has 24 heavy (non-hydrogen) atoms. The monoisotopic (exact) mass is 364 g/mol. The van der Waals surface area contributed by atoms with Crippen LogP contribution in [0.4, 0.5) is 0 Å². The van der Waals surface area contributed by atoms with Gasteiger partial charge in [-0.15, -0.1) is 0 Å². The topological polar surface area (TPSA) is 40.6 Å². The van der Waals surface area contributed by atoms with Crippen molar-refractivity contribution in [1.29, 1.82) is 0 Å². The van der Waals surface area contributed by atoms with E-state index >= 15 is 0 Å². The van der Waals surface area contributed by atoms with E-state index in [1.54, 1.807) is 24.3 Å². The fraction of sp³-hybridized carbons (Fsp3) is 0.333. The summed E-state index contributed by atoms with van der Waals surface area (Å²) in [6.07, 6.45) is 0. The van der Waals surface area contributed by atoms with Gasteiger partial charge in [0.25, 0.3) is 0 Å². The molecule has 2 aromatic carbocycles. The molecule has 1 aliphatic rings. The first-order chi connectivity index (χ1) is 11.5. The van der Waals surface area contributed by atoms with Gasteiger partial charge in [-0.25, -0.2) is 8.42 Å². The summed E-state index contributed by atoms with van der Waals surface area (Å²) in [6.45, 7) is 4.53. The zero-order valence-corrected chi connectivity index (χ0v) is 15.2. The Morgan fingerprint density at radius 2 is 1.50 bits per heavy atom. The summed E-state index contributed by atoms with van der Waals surface area (Å²) in [5.41, 5.74) is 1.25. The second-order valence-corrected chi connectivity index (χ2v) is 8.27. The fourth-order valence-corrected chi connectivity index (χ4v) is 4.98. The average Bonchev–Trinajstić information content (AvgIpc) is 2.62. The SMILES string of the molecule is CC(c1ccccc1)N1CCN(S(=O)(=O)c2ccccc2Cl)CC1. The summed E-state index contributed by atoms with van der Waals surface area (Å²) < 4.78 is 27.1. The van der Waals surface area contributed by atoms with Gasteiger partial charge in [-0.05, 0) is 24.6 Å². The van der Waals surface area contributed by atoms with E-state index in [9.17, 15) is 8.42 Å². The first-order valence-corrected chi connectivity index (χ1v) is 9.85. The van der Waals surface area contributed by atoms with Crippen molar-refractivity contribution >= 4 is 21.6 Å². The van der Waals surface area contributed by atoms with E-state index in [1.165, 1.54) is 9.87 Å². The molecule has 0 amide bonds. The molecule has 0 N–H and O–H groups in total. The van der Waals surface area contributed by atoms with E-state index < -0.39 is 10.0 Å². The molecule has 128 valence electrons. The minimum Gasteiger partial charge on any atom is -0.294 e. The lowest BCUT2D eigenvalue weighted by molar-refractivity contribution is 0.146. The number of nitrogens with zero attached hydrogens (tertiary/aromatic N) is 2.